The van der Waals surface area contributed by atoms with Crippen molar-refractivity contribution in [1.29, 1.82) is 0 Å². The van der Waals surface area contributed by atoms with Gasteiger partial charge >= 0.3 is 5.97 Å². The fourth-order valence-electron chi connectivity index (χ4n) is 4.63. The zero-order chi connectivity index (χ0) is 27.1. The van der Waals surface area contributed by atoms with E-state index in [1.54, 1.807) is 19.9 Å². The van der Waals surface area contributed by atoms with Crippen LogP contribution in [0.3, 0.4) is 0 Å². The van der Waals surface area contributed by atoms with Crippen LogP contribution in [0.15, 0.2) is 36.9 Å². The second-order valence-electron chi connectivity index (χ2n) is 10.2. The van der Waals surface area contributed by atoms with E-state index in [1.165, 1.54) is 5.01 Å². The lowest BCUT2D eigenvalue weighted by molar-refractivity contribution is -0.157. The molecular weight excluding hydrogens is 468 g/mol. The molecule has 2 aromatic rings. The third-order valence-corrected chi connectivity index (χ3v) is 6.89. The molecule has 0 aliphatic carbocycles. The number of nitrogens with one attached hydrogen (secondary N) is 2. The van der Waals surface area contributed by atoms with Gasteiger partial charge in [-0.2, -0.15) is 0 Å². The van der Waals surface area contributed by atoms with Crippen molar-refractivity contribution >= 4 is 34.8 Å². The lowest BCUT2D eigenvalue weighted by atomic mass is 9.90. The SMILES string of the molecule is C=Cc1ccc2ccc(C(C)OC(=O)C3CCCN(C(=O)C(C)NC(=O)C(CCC)C(C)C)N3)nc2c1. The van der Waals surface area contributed by atoms with Gasteiger partial charge in [-0.1, -0.05) is 58.0 Å². The second kappa shape index (κ2) is 12.8. The lowest BCUT2D eigenvalue weighted by Crippen LogP contribution is -2.59. The van der Waals surface area contributed by atoms with Gasteiger partial charge < -0.3 is 10.1 Å². The van der Waals surface area contributed by atoms with Gasteiger partial charge in [-0.15, -0.1) is 0 Å². The molecule has 1 fully saturated rings. The molecule has 1 aliphatic heterocycles. The molecule has 200 valence electrons. The Bertz CT molecular complexity index is 1130. The molecule has 4 atom stereocenters. The molecule has 8 heteroatoms. The number of nitrogens with zero attached hydrogens (tertiary/aromatic N) is 2. The summed E-state index contributed by atoms with van der Waals surface area (Å²) < 4.78 is 5.73. The normalized spacial score (nSPS) is 18.2. The summed E-state index contributed by atoms with van der Waals surface area (Å²) in [6.07, 6.45) is 4.09. The number of fused-ring (bicyclic) bond motifs is 1. The molecule has 2 N–H and O–H groups in total. The van der Waals surface area contributed by atoms with Crippen molar-refractivity contribution in [1.82, 2.24) is 20.7 Å². The number of ether oxygens (including phenoxy) is 1. The van der Waals surface area contributed by atoms with Crippen molar-refractivity contribution in [2.24, 2.45) is 11.8 Å². The molecule has 2 amide bonds. The predicted octanol–water partition coefficient (Wildman–Crippen LogP) is 4.55. The molecule has 1 aliphatic rings. The number of carbonyl (C=O) groups excluding carboxylic acids is 3. The quantitative estimate of drug-likeness (QED) is 0.457. The van der Waals surface area contributed by atoms with Gasteiger partial charge in [-0.3, -0.25) is 19.4 Å². The van der Waals surface area contributed by atoms with E-state index in [-0.39, 0.29) is 23.7 Å². The first-order valence-corrected chi connectivity index (χ1v) is 13.3. The van der Waals surface area contributed by atoms with Crippen molar-refractivity contribution in [3.05, 3.63) is 48.2 Å². The minimum Gasteiger partial charge on any atom is -0.455 e. The summed E-state index contributed by atoms with van der Waals surface area (Å²) in [6, 6.07) is 8.35. The van der Waals surface area contributed by atoms with Crippen molar-refractivity contribution in [3.8, 4) is 0 Å². The van der Waals surface area contributed by atoms with Crippen molar-refractivity contribution in [2.75, 3.05) is 6.54 Å². The number of amides is 2. The second-order valence-corrected chi connectivity index (χ2v) is 10.2. The minimum atomic E-state index is -0.700. The molecular formula is C29H40N4O4. The summed E-state index contributed by atoms with van der Waals surface area (Å²) in [5, 5.41) is 5.29. The first-order valence-electron chi connectivity index (χ1n) is 13.3. The summed E-state index contributed by atoms with van der Waals surface area (Å²) >= 11 is 0. The topological polar surface area (TPSA) is 101 Å². The molecule has 0 saturated carbocycles. The van der Waals surface area contributed by atoms with Gasteiger partial charge in [-0.25, -0.2) is 10.4 Å². The van der Waals surface area contributed by atoms with E-state index >= 15 is 0 Å². The van der Waals surface area contributed by atoms with Gasteiger partial charge in [-0.05, 0) is 56.7 Å². The van der Waals surface area contributed by atoms with Gasteiger partial charge in [0, 0.05) is 17.8 Å². The molecule has 0 bridgehead atoms. The summed E-state index contributed by atoms with van der Waals surface area (Å²) in [7, 11) is 0. The molecule has 0 radical (unpaired) electrons. The highest BCUT2D eigenvalue weighted by molar-refractivity contribution is 5.88. The lowest BCUT2D eigenvalue weighted by Gasteiger charge is -2.35. The number of esters is 1. The third kappa shape index (κ3) is 7.16. The van der Waals surface area contributed by atoms with Gasteiger partial charge in [0.2, 0.25) is 5.91 Å². The highest BCUT2D eigenvalue weighted by atomic mass is 16.5. The summed E-state index contributed by atoms with van der Waals surface area (Å²) in [5.41, 5.74) is 5.43. The van der Waals surface area contributed by atoms with E-state index in [9.17, 15) is 14.4 Å². The Kier molecular flexibility index (Phi) is 9.80. The fourth-order valence-corrected chi connectivity index (χ4v) is 4.63. The first-order chi connectivity index (χ1) is 17.6. The van der Waals surface area contributed by atoms with Crippen molar-refractivity contribution < 1.29 is 19.1 Å². The number of carbonyl (C=O) groups is 3. The average Bonchev–Trinajstić information content (AvgIpc) is 2.90. The van der Waals surface area contributed by atoms with Gasteiger partial charge in [0.25, 0.3) is 5.91 Å². The highest BCUT2D eigenvalue weighted by Crippen LogP contribution is 2.22. The number of rotatable bonds is 10. The molecule has 1 saturated heterocycles. The number of hydrazine groups is 1. The fraction of sp³-hybridized carbons (Fsp3) is 0.517. The largest absolute Gasteiger partial charge is 0.455 e. The molecule has 4 unspecified atom stereocenters. The maximum absolute atomic E-state index is 13.1. The number of hydrogen-bond donors (Lipinski definition) is 2. The van der Waals surface area contributed by atoms with Crippen LogP contribution in [0.2, 0.25) is 0 Å². The van der Waals surface area contributed by atoms with E-state index in [2.05, 4.69) is 22.3 Å². The van der Waals surface area contributed by atoms with Crippen LogP contribution in [0.4, 0.5) is 0 Å². The van der Waals surface area contributed by atoms with Crippen LogP contribution in [0.25, 0.3) is 17.0 Å². The van der Waals surface area contributed by atoms with Crippen LogP contribution in [0.5, 0.6) is 0 Å². The summed E-state index contributed by atoms with van der Waals surface area (Å²) in [6.45, 7) is 13.8. The van der Waals surface area contributed by atoms with Gasteiger partial charge in [0.15, 0.2) is 0 Å². The average molecular weight is 509 g/mol. The standard InChI is InChI=1S/C29H40N4O4/c1-7-10-23(18(3)4)27(34)30-19(5)28(35)33-16-9-11-25(32-33)29(36)37-20(6)24-15-14-22-13-12-21(8-2)17-26(22)31-24/h8,12-15,17-20,23,25,32H,2,7,9-11,16H2,1,3-6H3,(H,30,34). The Balaban J connectivity index is 1.60. The Hall–Kier alpha value is -3.26. The molecule has 2 heterocycles. The Morgan fingerprint density at radius 2 is 1.95 bits per heavy atom. The molecule has 37 heavy (non-hydrogen) atoms. The maximum atomic E-state index is 13.1. The Labute approximate surface area is 219 Å². The predicted molar refractivity (Wildman–Crippen MR) is 145 cm³/mol. The van der Waals surface area contributed by atoms with E-state index in [1.807, 2.05) is 51.1 Å². The monoisotopic (exact) mass is 508 g/mol. The number of hydrogen-bond acceptors (Lipinski definition) is 6. The van der Waals surface area contributed by atoms with E-state index in [4.69, 9.17) is 4.74 Å². The Morgan fingerprint density at radius 3 is 2.62 bits per heavy atom. The number of pyridine rings is 1. The first kappa shape index (κ1) is 28.3. The molecule has 8 nitrogen and oxygen atoms in total. The molecule has 3 rings (SSSR count). The smallest absolute Gasteiger partial charge is 0.325 e. The van der Waals surface area contributed by atoms with Crippen LogP contribution in [-0.2, 0) is 19.1 Å². The van der Waals surface area contributed by atoms with Crippen LogP contribution >= 0.6 is 0 Å². The molecule has 1 aromatic heterocycles. The van der Waals surface area contributed by atoms with E-state index < -0.39 is 24.2 Å². The van der Waals surface area contributed by atoms with Gasteiger partial charge in [0.05, 0.1) is 11.2 Å². The number of aromatic nitrogens is 1. The van der Waals surface area contributed by atoms with Crippen LogP contribution in [0.1, 0.15) is 77.7 Å². The summed E-state index contributed by atoms with van der Waals surface area (Å²) in [5.74, 6) is -0.760. The van der Waals surface area contributed by atoms with Crippen LogP contribution in [0, 0.1) is 11.8 Å². The third-order valence-electron chi connectivity index (χ3n) is 6.89. The van der Waals surface area contributed by atoms with Crippen LogP contribution < -0.4 is 10.7 Å². The highest BCUT2D eigenvalue weighted by Gasteiger charge is 2.33. The zero-order valence-electron chi connectivity index (χ0n) is 22.6. The maximum Gasteiger partial charge on any atom is 0.325 e. The Morgan fingerprint density at radius 1 is 1.22 bits per heavy atom. The molecule has 1 aromatic carbocycles. The van der Waals surface area contributed by atoms with Crippen LogP contribution in [-0.4, -0.2) is 46.4 Å². The number of benzene rings is 1. The van der Waals surface area contributed by atoms with Gasteiger partial charge in [0.1, 0.15) is 18.2 Å². The van der Waals surface area contributed by atoms with E-state index in [0.717, 1.165) is 29.3 Å². The summed E-state index contributed by atoms with van der Waals surface area (Å²) in [4.78, 5) is 43.4. The van der Waals surface area contributed by atoms with E-state index in [0.29, 0.717) is 25.1 Å². The van der Waals surface area contributed by atoms with Crippen molar-refractivity contribution in [3.63, 3.8) is 0 Å². The minimum absolute atomic E-state index is 0.109. The zero-order valence-corrected chi connectivity index (χ0v) is 22.6. The molecule has 0 spiro atoms. The van der Waals surface area contributed by atoms with Crippen molar-refractivity contribution in [2.45, 2.75) is 78.5 Å².